The van der Waals surface area contributed by atoms with Crippen LogP contribution < -0.4 is 10.6 Å². The Labute approximate surface area is 147 Å². The van der Waals surface area contributed by atoms with Crippen LogP contribution in [0.1, 0.15) is 18.4 Å². The summed E-state index contributed by atoms with van der Waals surface area (Å²) in [5, 5.41) is 10.3. The van der Waals surface area contributed by atoms with Crippen molar-refractivity contribution in [3.63, 3.8) is 0 Å². The van der Waals surface area contributed by atoms with Crippen molar-refractivity contribution < 1.29 is 4.79 Å². The molecule has 0 bridgehead atoms. The van der Waals surface area contributed by atoms with Crippen LogP contribution in [0.15, 0.2) is 36.9 Å². The fourth-order valence-electron chi connectivity index (χ4n) is 2.61. The minimum atomic E-state index is 0. The first-order valence-corrected chi connectivity index (χ1v) is 7.21. The van der Waals surface area contributed by atoms with E-state index < -0.39 is 0 Å². The highest BCUT2D eigenvalue weighted by molar-refractivity contribution is 5.90. The number of rotatable bonds is 5. The molecular weight excluding hydrogens is 337 g/mol. The summed E-state index contributed by atoms with van der Waals surface area (Å²) in [6, 6.07) is 7.85. The summed E-state index contributed by atoms with van der Waals surface area (Å²) >= 11 is 0. The number of carbonyl (C=O) groups is 1. The fourth-order valence-corrected chi connectivity index (χ4v) is 2.61. The molecule has 1 saturated heterocycles. The molecule has 1 unspecified atom stereocenters. The van der Waals surface area contributed by atoms with Crippen LogP contribution in [0.2, 0.25) is 0 Å². The van der Waals surface area contributed by atoms with Crippen LogP contribution in [0, 0.1) is 5.92 Å². The van der Waals surface area contributed by atoms with Crippen molar-refractivity contribution in [2.75, 3.05) is 18.4 Å². The van der Waals surface area contributed by atoms with E-state index in [2.05, 4.69) is 20.7 Å². The highest BCUT2D eigenvalue weighted by Crippen LogP contribution is 2.15. The van der Waals surface area contributed by atoms with Gasteiger partial charge in [-0.25, -0.2) is 9.67 Å². The molecule has 1 aliphatic rings. The second-order valence-electron chi connectivity index (χ2n) is 5.40. The standard InChI is InChI=1S/C15H19N5O.2ClH/c21-15(7-12-4-5-16-8-12)19-14-3-1-2-13(6-14)9-20-11-17-10-18-20;;/h1-3,6,10-12,16H,4-5,7-9H2,(H,19,21);2*1H. The van der Waals surface area contributed by atoms with Crippen molar-refractivity contribution in [3.8, 4) is 0 Å². The molecule has 8 heteroatoms. The van der Waals surface area contributed by atoms with Crippen molar-refractivity contribution in [1.82, 2.24) is 20.1 Å². The van der Waals surface area contributed by atoms with Crippen LogP contribution >= 0.6 is 24.8 Å². The Morgan fingerprint density at radius 2 is 2.26 bits per heavy atom. The molecule has 0 saturated carbocycles. The van der Waals surface area contributed by atoms with Gasteiger partial charge in [-0.1, -0.05) is 12.1 Å². The molecule has 1 aliphatic heterocycles. The number of nitrogens with zero attached hydrogens (tertiary/aromatic N) is 3. The predicted molar refractivity (Wildman–Crippen MR) is 94.3 cm³/mol. The number of halogens is 2. The molecule has 6 nitrogen and oxygen atoms in total. The molecule has 126 valence electrons. The smallest absolute Gasteiger partial charge is 0.224 e. The van der Waals surface area contributed by atoms with Gasteiger partial charge in [0.05, 0.1) is 6.54 Å². The lowest BCUT2D eigenvalue weighted by Gasteiger charge is -2.10. The van der Waals surface area contributed by atoms with Gasteiger partial charge in [0.25, 0.3) is 0 Å². The Morgan fingerprint density at radius 3 is 2.96 bits per heavy atom. The molecule has 1 aromatic heterocycles. The van der Waals surface area contributed by atoms with E-state index in [1.165, 1.54) is 6.33 Å². The first kappa shape index (κ1) is 19.4. The number of aromatic nitrogens is 3. The van der Waals surface area contributed by atoms with E-state index in [0.717, 1.165) is 30.8 Å². The highest BCUT2D eigenvalue weighted by Gasteiger charge is 2.17. The molecule has 1 fully saturated rings. The molecule has 2 N–H and O–H groups in total. The molecule has 0 aliphatic carbocycles. The molecule has 2 aromatic rings. The zero-order valence-corrected chi connectivity index (χ0v) is 14.3. The molecule has 3 rings (SSSR count). The molecule has 1 atom stereocenters. The molecule has 23 heavy (non-hydrogen) atoms. The average molecular weight is 358 g/mol. The molecular formula is C15H21Cl2N5O. The van der Waals surface area contributed by atoms with Crippen LogP contribution in [0.25, 0.3) is 0 Å². The Morgan fingerprint density at radius 1 is 1.39 bits per heavy atom. The van der Waals surface area contributed by atoms with Crippen LogP contribution in [0.4, 0.5) is 5.69 Å². The van der Waals surface area contributed by atoms with Crippen molar-refractivity contribution in [2.45, 2.75) is 19.4 Å². The van der Waals surface area contributed by atoms with Crippen molar-refractivity contribution >= 4 is 36.4 Å². The summed E-state index contributed by atoms with van der Waals surface area (Å²) in [6.07, 6.45) is 4.86. The summed E-state index contributed by atoms with van der Waals surface area (Å²) in [5.41, 5.74) is 1.92. The van der Waals surface area contributed by atoms with Gasteiger partial charge in [-0.2, -0.15) is 5.10 Å². The zero-order valence-electron chi connectivity index (χ0n) is 12.6. The Balaban J connectivity index is 0.00000132. The van der Waals surface area contributed by atoms with Gasteiger partial charge in [-0.05, 0) is 43.1 Å². The van der Waals surface area contributed by atoms with E-state index in [9.17, 15) is 4.79 Å². The lowest BCUT2D eigenvalue weighted by Crippen LogP contribution is -2.18. The molecule has 0 spiro atoms. The highest BCUT2D eigenvalue weighted by atomic mass is 35.5. The van der Waals surface area contributed by atoms with Crippen LogP contribution in [-0.2, 0) is 11.3 Å². The topological polar surface area (TPSA) is 71.8 Å². The third-order valence-corrected chi connectivity index (χ3v) is 3.66. The largest absolute Gasteiger partial charge is 0.326 e. The van der Waals surface area contributed by atoms with Crippen LogP contribution in [0.3, 0.4) is 0 Å². The number of amides is 1. The number of benzene rings is 1. The number of hydrogen-bond acceptors (Lipinski definition) is 4. The maximum Gasteiger partial charge on any atom is 0.224 e. The number of carbonyl (C=O) groups excluding carboxylic acids is 1. The maximum absolute atomic E-state index is 12.0. The third kappa shape index (κ3) is 5.82. The Hall–Kier alpha value is -1.63. The molecule has 1 aromatic carbocycles. The zero-order chi connectivity index (χ0) is 14.5. The summed E-state index contributed by atoms with van der Waals surface area (Å²) in [6.45, 7) is 2.61. The summed E-state index contributed by atoms with van der Waals surface area (Å²) in [7, 11) is 0. The number of nitrogens with one attached hydrogen (secondary N) is 2. The SMILES string of the molecule is Cl.Cl.O=C(CC1CCNC1)Nc1cccc(Cn2cncn2)c1. The predicted octanol–water partition coefficient (Wildman–Crippen LogP) is 2.11. The lowest BCUT2D eigenvalue weighted by atomic mass is 10.0. The monoisotopic (exact) mass is 357 g/mol. The second kappa shape index (κ2) is 9.50. The van der Waals surface area contributed by atoms with Gasteiger partial charge in [0.1, 0.15) is 12.7 Å². The van der Waals surface area contributed by atoms with Gasteiger partial charge < -0.3 is 10.6 Å². The van der Waals surface area contributed by atoms with E-state index in [-0.39, 0.29) is 30.7 Å². The van der Waals surface area contributed by atoms with Crippen LogP contribution in [-0.4, -0.2) is 33.8 Å². The summed E-state index contributed by atoms with van der Waals surface area (Å²) < 4.78 is 1.76. The first-order valence-electron chi connectivity index (χ1n) is 7.21. The summed E-state index contributed by atoms with van der Waals surface area (Å²) in [4.78, 5) is 16.0. The van der Waals surface area contributed by atoms with Gasteiger partial charge in [0.15, 0.2) is 0 Å². The quantitative estimate of drug-likeness (QED) is 0.859. The number of anilines is 1. The molecule has 2 heterocycles. The minimum Gasteiger partial charge on any atom is -0.326 e. The number of hydrogen-bond donors (Lipinski definition) is 2. The summed E-state index contributed by atoms with van der Waals surface area (Å²) in [5.74, 6) is 0.546. The first-order chi connectivity index (χ1) is 10.3. The van der Waals surface area contributed by atoms with Crippen molar-refractivity contribution in [2.24, 2.45) is 5.92 Å². The van der Waals surface area contributed by atoms with Gasteiger partial charge in [-0.3, -0.25) is 4.79 Å². The lowest BCUT2D eigenvalue weighted by molar-refractivity contribution is -0.116. The Bertz CT molecular complexity index is 600. The fraction of sp³-hybridized carbons (Fsp3) is 0.400. The van der Waals surface area contributed by atoms with E-state index in [0.29, 0.717) is 18.9 Å². The molecule has 1 amide bonds. The van der Waals surface area contributed by atoms with Gasteiger partial charge in [0.2, 0.25) is 5.91 Å². The van der Waals surface area contributed by atoms with E-state index >= 15 is 0 Å². The minimum absolute atomic E-state index is 0. The van der Waals surface area contributed by atoms with Gasteiger partial charge >= 0.3 is 0 Å². The van der Waals surface area contributed by atoms with Gasteiger partial charge in [-0.15, -0.1) is 24.8 Å². The van der Waals surface area contributed by atoms with Gasteiger partial charge in [0, 0.05) is 12.1 Å². The van der Waals surface area contributed by atoms with E-state index in [1.807, 2.05) is 24.3 Å². The van der Waals surface area contributed by atoms with E-state index in [4.69, 9.17) is 0 Å². The average Bonchev–Trinajstić information content (AvgIpc) is 3.12. The van der Waals surface area contributed by atoms with E-state index in [1.54, 1.807) is 11.0 Å². The molecule has 0 radical (unpaired) electrons. The van der Waals surface area contributed by atoms with Crippen molar-refractivity contribution in [1.29, 1.82) is 0 Å². The van der Waals surface area contributed by atoms with Crippen LogP contribution in [0.5, 0.6) is 0 Å². The second-order valence-corrected chi connectivity index (χ2v) is 5.40. The maximum atomic E-state index is 12.0. The normalized spacial score (nSPS) is 16.3. The third-order valence-electron chi connectivity index (χ3n) is 3.66. The Kier molecular flexibility index (Phi) is 8.02. The van der Waals surface area contributed by atoms with Crippen molar-refractivity contribution in [3.05, 3.63) is 42.5 Å².